The summed E-state index contributed by atoms with van der Waals surface area (Å²) in [5.74, 6) is -0.612. The molecule has 4 rings (SSSR count). The van der Waals surface area contributed by atoms with E-state index in [0.29, 0.717) is 42.2 Å². The Balaban J connectivity index is 1.28. The Morgan fingerprint density at radius 2 is 2.05 bits per heavy atom. The number of benzene rings is 1. The van der Waals surface area contributed by atoms with Gasteiger partial charge in [-0.2, -0.15) is 0 Å². The van der Waals surface area contributed by atoms with Crippen LogP contribution in [0.5, 0.6) is 5.75 Å². The first-order valence-corrected chi connectivity index (χ1v) is 12.2. The lowest BCUT2D eigenvalue weighted by Crippen LogP contribution is -2.48. The molecule has 0 bridgehead atoms. The van der Waals surface area contributed by atoms with E-state index in [1.165, 1.54) is 13.5 Å². The van der Waals surface area contributed by atoms with Crippen molar-refractivity contribution >= 4 is 23.4 Å². The maximum atomic E-state index is 12.6. The Kier molecular flexibility index (Phi) is 8.08. The molecule has 1 saturated heterocycles. The van der Waals surface area contributed by atoms with Gasteiger partial charge in [-0.25, -0.2) is 4.98 Å². The Morgan fingerprint density at radius 3 is 2.70 bits per heavy atom. The molecule has 3 N–H and O–H groups in total. The van der Waals surface area contributed by atoms with Crippen LogP contribution in [0.3, 0.4) is 0 Å². The Hall–Kier alpha value is -3.92. The van der Waals surface area contributed by atoms with Crippen LogP contribution in [0.25, 0.3) is 11.3 Å². The summed E-state index contributed by atoms with van der Waals surface area (Å²) in [5.41, 5.74) is 1.42. The minimum atomic E-state index is -0.785. The van der Waals surface area contributed by atoms with Crippen LogP contribution in [0, 0.1) is 0 Å². The molecule has 0 spiro atoms. The number of ether oxygens (including phenoxy) is 2. The molecule has 1 aromatic heterocycles. The largest absolute Gasteiger partial charge is 0.496 e. The third kappa shape index (κ3) is 6.85. The molecule has 2 atom stereocenters. The maximum Gasteiger partial charge on any atom is 0.313 e. The van der Waals surface area contributed by atoms with Crippen molar-refractivity contribution in [2.45, 2.75) is 57.2 Å². The van der Waals surface area contributed by atoms with Gasteiger partial charge in [-0.3, -0.25) is 14.4 Å². The van der Waals surface area contributed by atoms with Crippen LogP contribution in [-0.4, -0.2) is 54.1 Å². The molecule has 196 valence electrons. The summed E-state index contributed by atoms with van der Waals surface area (Å²) in [6.45, 7) is 4.34. The summed E-state index contributed by atoms with van der Waals surface area (Å²) in [7, 11) is 1.50. The van der Waals surface area contributed by atoms with Gasteiger partial charge in [0.05, 0.1) is 24.9 Å². The van der Waals surface area contributed by atoms with Gasteiger partial charge in [0.15, 0.2) is 12.2 Å². The van der Waals surface area contributed by atoms with Crippen molar-refractivity contribution in [3.05, 3.63) is 54.6 Å². The summed E-state index contributed by atoms with van der Waals surface area (Å²) >= 11 is 0. The van der Waals surface area contributed by atoms with Crippen LogP contribution >= 0.6 is 0 Å². The number of nitrogens with zero attached hydrogens (tertiary/aromatic N) is 1. The number of allylic oxidation sites excluding steroid dienone is 1. The standard InChI is InChI=1S/C27H32N4O6/c1-27(2,14-17-6-8-18(9-7-17)29-24(32)21-5-4-12-36-21)31-26(34)25(33)30-19-10-11-20(22(13-19)35-3)23-15-28-16-37-23/h6-8,10-11,13,15-16,18,21H,4-5,9,12,14H2,1-3H3,(H,29,32)(H,30,33)(H,31,34). The third-order valence-electron chi connectivity index (χ3n) is 6.19. The Bertz CT molecular complexity index is 1200. The van der Waals surface area contributed by atoms with Crippen molar-refractivity contribution in [3.63, 3.8) is 0 Å². The molecule has 2 heterocycles. The SMILES string of the molecule is COc1cc(NC(=O)C(=O)NC(C)(C)CC2=CCC(NC(=O)C3CCCO3)C=C2)ccc1-c1cnco1. The molecule has 0 radical (unpaired) electrons. The lowest BCUT2D eigenvalue weighted by atomic mass is 9.90. The first-order chi connectivity index (χ1) is 17.7. The number of anilines is 1. The second-order valence-corrected chi connectivity index (χ2v) is 9.74. The molecule has 2 aromatic rings. The van der Waals surface area contributed by atoms with Gasteiger partial charge >= 0.3 is 11.8 Å². The zero-order valence-corrected chi connectivity index (χ0v) is 21.2. The summed E-state index contributed by atoms with van der Waals surface area (Å²) in [4.78, 5) is 41.4. The molecular weight excluding hydrogens is 476 g/mol. The predicted molar refractivity (Wildman–Crippen MR) is 137 cm³/mol. The minimum Gasteiger partial charge on any atom is -0.496 e. The zero-order chi connectivity index (χ0) is 26.4. The van der Waals surface area contributed by atoms with Crippen LogP contribution in [0.4, 0.5) is 5.69 Å². The fourth-order valence-corrected chi connectivity index (χ4v) is 4.39. The van der Waals surface area contributed by atoms with Gasteiger partial charge in [0.25, 0.3) is 0 Å². The van der Waals surface area contributed by atoms with Crippen LogP contribution < -0.4 is 20.7 Å². The van der Waals surface area contributed by atoms with E-state index in [2.05, 4.69) is 20.9 Å². The molecule has 2 aliphatic rings. The number of aromatic nitrogens is 1. The first kappa shape index (κ1) is 26.2. The topological polar surface area (TPSA) is 132 Å². The molecule has 1 aromatic carbocycles. The normalized spacial score (nSPS) is 19.2. The summed E-state index contributed by atoms with van der Waals surface area (Å²) in [6, 6.07) is 4.90. The zero-order valence-electron chi connectivity index (χ0n) is 21.2. The number of hydrogen-bond acceptors (Lipinski definition) is 7. The van der Waals surface area contributed by atoms with E-state index in [9.17, 15) is 14.4 Å². The molecule has 10 nitrogen and oxygen atoms in total. The lowest BCUT2D eigenvalue weighted by molar-refractivity contribution is -0.137. The van der Waals surface area contributed by atoms with Crippen molar-refractivity contribution in [2.75, 3.05) is 19.0 Å². The van der Waals surface area contributed by atoms with Crippen LogP contribution in [0.1, 0.15) is 39.5 Å². The molecular formula is C27H32N4O6. The molecule has 3 amide bonds. The average molecular weight is 509 g/mol. The van der Waals surface area contributed by atoms with Gasteiger partial charge in [0, 0.05) is 23.9 Å². The quantitative estimate of drug-likeness (QED) is 0.467. The van der Waals surface area contributed by atoms with Crippen LogP contribution in [0.2, 0.25) is 0 Å². The first-order valence-electron chi connectivity index (χ1n) is 12.2. The van der Waals surface area contributed by atoms with E-state index in [-0.39, 0.29) is 18.1 Å². The van der Waals surface area contributed by atoms with E-state index < -0.39 is 17.4 Å². The summed E-state index contributed by atoms with van der Waals surface area (Å²) in [6.07, 6.45) is 11.3. The number of carbonyl (C=O) groups excluding carboxylic acids is 3. The monoisotopic (exact) mass is 508 g/mol. The molecule has 1 aliphatic heterocycles. The van der Waals surface area contributed by atoms with E-state index in [1.54, 1.807) is 24.4 Å². The van der Waals surface area contributed by atoms with Crippen molar-refractivity contribution in [1.29, 1.82) is 0 Å². The number of rotatable bonds is 8. The Labute approximate surface area is 215 Å². The minimum absolute atomic E-state index is 0.0761. The number of hydrogen-bond donors (Lipinski definition) is 3. The average Bonchev–Trinajstić information content (AvgIpc) is 3.59. The maximum absolute atomic E-state index is 12.6. The highest BCUT2D eigenvalue weighted by molar-refractivity contribution is 6.39. The van der Waals surface area contributed by atoms with Crippen molar-refractivity contribution < 1.29 is 28.3 Å². The Morgan fingerprint density at radius 1 is 1.22 bits per heavy atom. The molecule has 0 saturated carbocycles. The van der Waals surface area contributed by atoms with Crippen molar-refractivity contribution in [3.8, 4) is 17.1 Å². The highest BCUT2D eigenvalue weighted by atomic mass is 16.5. The number of amides is 3. The third-order valence-corrected chi connectivity index (χ3v) is 6.19. The number of carbonyl (C=O) groups is 3. The fourth-order valence-electron chi connectivity index (χ4n) is 4.39. The molecule has 10 heteroatoms. The van der Waals surface area contributed by atoms with Crippen molar-refractivity contribution in [1.82, 2.24) is 15.6 Å². The van der Waals surface area contributed by atoms with Crippen LogP contribution in [-0.2, 0) is 19.1 Å². The smallest absolute Gasteiger partial charge is 0.313 e. The number of methoxy groups -OCH3 is 1. The van der Waals surface area contributed by atoms with E-state index in [0.717, 1.165) is 18.4 Å². The van der Waals surface area contributed by atoms with Gasteiger partial charge in [0.2, 0.25) is 5.91 Å². The summed E-state index contributed by atoms with van der Waals surface area (Å²) < 4.78 is 16.1. The van der Waals surface area contributed by atoms with E-state index in [4.69, 9.17) is 13.9 Å². The molecule has 37 heavy (non-hydrogen) atoms. The van der Waals surface area contributed by atoms with Gasteiger partial charge in [-0.1, -0.05) is 18.2 Å². The number of nitrogens with one attached hydrogen (secondary N) is 3. The predicted octanol–water partition coefficient (Wildman–Crippen LogP) is 3.12. The molecule has 2 unspecified atom stereocenters. The van der Waals surface area contributed by atoms with Gasteiger partial charge in [0.1, 0.15) is 11.9 Å². The van der Waals surface area contributed by atoms with Crippen molar-refractivity contribution in [2.24, 2.45) is 0 Å². The highest BCUT2D eigenvalue weighted by Gasteiger charge is 2.28. The number of oxazole rings is 1. The van der Waals surface area contributed by atoms with Gasteiger partial charge in [-0.15, -0.1) is 0 Å². The van der Waals surface area contributed by atoms with Crippen LogP contribution in [0.15, 0.2) is 59.0 Å². The molecule has 1 fully saturated rings. The van der Waals surface area contributed by atoms with Gasteiger partial charge in [-0.05, 0) is 57.2 Å². The molecule has 1 aliphatic carbocycles. The second-order valence-electron chi connectivity index (χ2n) is 9.74. The van der Waals surface area contributed by atoms with Gasteiger partial charge < -0.3 is 29.8 Å². The second kappa shape index (κ2) is 11.4. The van der Waals surface area contributed by atoms with E-state index in [1.807, 2.05) is 32.1 Å². The summed E-state index contributed by atoms with van der Waals surface area (Å²) in [5, 5.41) is 8.40. The lowest BCUT2D eigenvalue weighted by Gasteiger charge is -2.28. The highest BCUT2D eigenvalue weighted by Crippen LogP contribution is 2.32. The van der Waals surface area contributed by atoms with E-state index >= 15 is 0 Å². The fraction of sp³-hybridized carbons (Fsp3) is 0.407.